The summed E-state index contributed by atoms with van der Waals surface area (Å²) in [5.41, 5.74) is 7.04. The molecule has 3 rings (SSSR count). The third kappa shape index (κ3) is 5.69. The maximum absolute atomic E-state index is 12.8. The lowest BCUT2D eigenvalue weighted by molar-refractivity contribution is -0.129. The number of nitrogens with zero attached hydrogens (tertiary/aromatic N) is 1. The molecular formula is C21H32ClN3O2. The van der Waals surface area contributed by atoms with Gasteiger partial charge in [0, 0.05) is 25.9 Å². The van der Waals surface area contributed by atoms with Crippen molar-refractivity contribution in [2.45, 2.75) is 57.4 Å². The summed E-state index contributed by atoms with van der Waals surface area (Å²) in [7, 11) is 0. The van der Waals surface area contributed by atoms with E-state index in [2.05, 4.69) is 5.32 Å². The van der Waals surface area contributed by atoms with Crippen molar-refractivity contribution in [1.29, 1.82) is 0 Å². The van der Waals surface area contributed by atoms with Crippen molar-refractivity contribution < 1.29 is 9.59 Å². The van der Waals surface area contributed by atoms with Gasteiger partial charge in [0.25, 0.3) is 0 Å². The van der Waals surface area contributed by atoms with Gasteiger partial charge >= 0.3 is 0 Å². The number of halogens is 1. The first-order valence-corrected chi connectivity index (χ1v) is 9.94. The first-order valence-electron chi connectivity index (χ1n) is 9.94. The Morgan fingerprint density at radius 3 is 2.44 bits per heavy atom. The second-order valence-electron chi connectivity index (χ2n) is 7.92. The molecule has 2 fully saturated rings. The van der Waals surface area contributed by atoms with Gasteiger partial charge in [0.2, 0.25) is 11.8 Å². The van der Waals surface area contributed by atoms with Crippen molar-refractivity contribution in [3.63, 3.8) is 0 Å². The molecule has 1 saturated heterocycles. The minimum absolute atomic E-state index is 0. The van der Waals surface area contributed by atoms with E-state index in [1.807, 2.05) is 35.2 Å². The van der Waals surface area contributed by atoms with Crippen LogP contribution in [0.2, 0.25) is 0 Å². The summed E-state index contributed by atoms with van der Waals surface area (Å²) in [6.45, 7) is 1.90. The molecule has 0 bridgehead atoms. The minimum Gasteiger partial charge on any atom is -0.347 e. The van der Waals surface area contributed by atoms with Gasteiger partial charge in [0.05, 0.1) is 6.04 Å². The molecule has 1 aromatic rings. The van der Waals surface area contributed by atoms with Crippen LogP contribution >= 0.6 is 12.4 Å². The molecule has 6 heteroatoms. The summed E-state index contributed by atoms with van der Waals surface area (Å²) in [6.07, 6.45) is 7.66. The van der Waals surface area contributed by atoms with Crippen molar-refractivity contribution in [3.05, 3.63) is 35.9 Å². The van der Waals surface area contributed by atoms with Gasteiger partial charge in [0.1, 0.15) is 0 Å². The van der Waals surface area contributed by atoms with E-state index in [1.54, 1.807) is 0 Å². The van der Waals surface area contributed by atoms with Crippen LogP contribution < -0.4 is 11.1 Å². The summed E-state index contributed by atoms with van der Waals surface area (Å²) in [5.74, 6) is 0.240. The van der Waals surface area contributed by atoms with Gasteiger partial charge in [-0.25, -0.2) is 0 Å². The Balaban J connectivity index is 0.00000261. The third-order valence-electron chi connectivity index (χ3n) is 5.99. The Morgan fingerprint density at radius 2 is 1.85 bits per heavy atom. The number of benzene rings is 1. The van der Waals surface area contributed by atoms with Crippen molar-refractivity contribution >= 4 is 24.2 Å². The highest BCUT2D eigenvalue weighted by Gasteiger charge is 2.34. The largest absolute Gasteiger partial charge is 0.347 e. The van der Waals surface area contributed by atoms with E-state index in [4.69, 9.17) is 5.73 Å². The zero-order valence-electron chi connectivity index (χ0n) is 16.0. The molecular weight excluding hydrogens is 362 g/mol. The lowest BCUT2D eigenvalue weighted by Crippen LogP contribution is -2.42. The topological polar surface area (TPSA) is 75.4 Å². The minimum atomic E-state index is -0.163. The fraction of sp³-hybridized carbons (Fsp3) is 0.619. The van der Waals surface area contributed by atoms with E-state index in [0.29, 0.717) is 25.9 Å². The zero-order valence-corrected chi connectivity index (χ0v) is 16.8. The molecule has 0 spiro atoms. The number of amides is 2. The van der Waals surface area contributed by atoms with Crippen molar-refractivity contribution in [2.24, 2.45) is 11.1 Å². The number of hydrogen-bond acceptors (Lipinski definition) is 3. The maximum atomic E-state index is 12.8. The molecule has 1 aromatic carbocycles. The van der Waals surface area contributed by atoms with Gasteiger partial charge in [-0.3, -0.25) is 9.59 Å². The van der Waals surface area contributed by atoms with Crippen LogP contribution in [0.15, 0.2) is 30.3 Å². The lowest BCUT2D eigenvalue weighted by Gasteiger charge is -2.36. The molecule has 1 aliphatic carbocycles. The number of nitrogens with one attached hydrogen (secondary N) is 1. The molecule has 5 nitrogen and oxygen atoms in total. The number of likely N-dealkylation sites (tertiary alicyclic amines) is 1. The van der Waals surface area contributed by atoms with Gasteiger partial charge in [-0.05, 0) is 36.8 Å². The molecule has 1 aliphatic heterocycles. The van der Waals surface area contributed by atoms with Crippen molar-refractivity contribution in [2.75, 3.05) is 19.6 Å². The van der Waals surface area contributed by atoms with Crippen LogP contribution in [-0.4, -0.2) is 36.3 Å². The van der Waals surface area contributed by atoms with Crippen LogP contribution in [0.1, 0.15) is 63.0 Å². The fourth-order valence-corrected chi connectivity index (χ4v) is 4.38. The van der Waals surface area contributed by atoms with E-state index in [1.165, 1.54) is 6.42 Å². The second kappa shape index (κ2) is 10.1. The summed E-state index contributed by atoms with van der Waals surface area (Å²) in [6, 6.07) is 9.79. The van der Waals surface area contributed by atoms with Crippen molar-refractivity contribution in [3.8, 4) is 0 Å². The molecule has 0 radical (unpaired) electrons. The molecule has 1 heterocycles. The van der Waals surface area contributed by atoms with Gasteiger partial charge in [0.15, 0.2) is 0 Å². The van der Waals surface area contributed by atoms with Crippen LogP contribution in [0.4, 0.5) is 0 Å². The van der Waals surface area contributed by atoms with E-state index in [-0.39, 0.29) is 35.7 Å². The highest BCUT2D eigenvalue weighted by Crippen LogP contribution is 2.38. The Bertz CT molecular complexity index is 617. The second-order valence-corrected chi connectivity index (χ2v) is 7.92. The SMILES string of the molecule is Cl.NCC1(CC(=O)NC(CN2CCCC2=O)c2ccccc2)CCCCC1. The van der Waals surface area contributed by atoms with Gasteiger partial charge in [-0.1, -0.05) is 49.6 Å². The molecule has 1 unspecified atom stereocenters. The Labute approximate surface area is 168 Å². The highest BCUT2D eigenvalue weighted by atomic mass is 35.5. The van der Waals surface area contributed by atoms with E-state index >= 15 is 0 Å². The predicted octanol–water partition coefficient (Wildman–Crippen LogP) is 3.19. The molecule has 1 atom stereocenters. The number of carbonyl (C=O) groups is 2. The monoisotopic (exact) mass is 393 g/mol. The summed E-state index contributed by atoms with van der Waals surface area (Å²) in [5, 5.41) is 3.20. The molecule has 3 N–H and O–H groups in total. The molecule has 27 heavy (non-hydrogen) atoms. The molecule has 2 aliphatic rings. The lowest BCUT2D eigenvalue weighted by atomic mass is 9.71. The first kappa shape index (κ1) is 21.7. The molecule has 150 valence electrons. The van der Waals surface area contributed by atoms with Crippen LogP contribution in [0.25, 0.3) is 0 Å². The van der Waals surface area contributed by atoms with Gasteiger partial charge in [-0.2, -0.15) is 0 Å². The van der Waals surface area contributed by atoms with E-state index in [0.717, 1.165) is 44.2 Å². The highest BCUT2D eigenvalue weighted by molar-refractivity contribution is 5.85. The molecule has 0 aromatic heterocycles. The molecule has 2 amide bonds. The number of nitrogens with two attached hydrogens (primary N) is 1. The smallest absolute Gasteiger partial charge is 0.222 e. The predicted molar refractivity (Wildman–Crippen MR) is 110 cm³/mol. The zero-order chi connectivity index (χ0) is 18.4. The van der Waals surface area contributed by atoms with Gasteiger partial charge < -0.3 is 16.0 Å². The first-order chi connectivity index (χ1) is 12.6. The van der Waals surface area contributed by atoms with Crippen LogP contribution in [0, 0.1) is 5.41 Å². The van der Waals surface area contributed by atoms with Crippen molar-refractivity contribution in [1.82, 2.24) is 10.2 Å². The Hall–Kier alpha value is -1.59. The van der Waals surface area contributed by atoms with Crippen LogP contribution in [0.5, 0.6) is 0 Å². The van der Waals surface area contributed by atoms with E-state index in [9.17, 15) is 9.59 Å². The Morgan fingerprint density at radius 1 is 1.15 bits per heavy atom. The number of carbonyl (C=O) groups excluding carboxylic acids is 2. The Kier molecular flexibility index (Phi) is 8.11. The maximum Gasteiger partial charge on any atom is 0.222 e. The quantitative estimate of drug-likeness (QED) is 0.746. The van der Waals surface area contributed by atoms with Crippen LogP contribution in [-0.2, 0) is 9.59 Å². The number of hydrogen-bond donors (Lipinski definition) is 2. The fourth-order valence-electron chi connectivity index (χ4n) is 4.38. The molecule has 1 saturated carbocycles. The third-order valence-corrected chi connectivity index (χ3v) is 5.99. The summed E-state index contributed by atoms with van der Waals surface area (Å²) in [4.78, 5) is 26.8. The van der Waals surface area contributed by atoms with E-state index < -0.39 is 0 Å². The average Bonchev–Trinajstić information content (AvgIpc) is 3.07. The average molecular weight is 394 g/mol. The normalized spacial score (nSPS) is 20.0. The summed E-state index contributed by atoms with van der Waals surface area (Å²) < 4.78 is 0. The van der Waals surface area contributed by atoms with Crippen LogP contribution in [0.3, 0.4) is 0 Å². The summed E-state index contributed by atoms with van der Waals surface area (Å²) >= 11 is 0. The number of rotatable bonds is 7. The standard InChI is InChI=1S/C21H31N3O2.ClH/c22-16-21(11-5-2-6-12-21)14-19(25)23-18(17-8-3-1-4-9-17)15-24-13-7-10-20(24)26;/h1,3-4,8-9,18H,2,5-7,10-16,22H2,(H,23,25);1H. The van der Waals surface area contributed by atoms with Gasteiger partial charge in [-0.15, -0.1) is 12.4 Å².